The summed E-state index contributed by atoms with van der Waals surface area (Å²) in [4.78, 5) is 0. The average Bonchev–Trinajstić information content (AvgIpc) is 2.01. The van der Waals surface area contributed by atoms with E-state index in [1.807, 2.05) is 0 Å². The summed E-state index contributed by atoms with van der Waals surface area (Å²) in [5.74, 6) is 0. The Morgan fingerprint density at radius 3 is 1.86 bits per heavy atom. The fraction of sp³-hybridized carbons (Fsp3) is 0.143. The van der Waals surface area contributed by atoms with Crippen LogP contribution in [0.4, 0.5) is 18.9 Å². The Morgan fingerprint density at radius 2 is 1.57 bits per heavy atom. The molecule has 0 bridgehead atoms. The van der Waals surface area contributed by atoms with Gasteiger partial charge in [0.2, 0.25) is 0 Å². The van der Waals surface area contributed by atoms with Gasteiger partial charge in [0.05, 0.1) is 21.3 Å². The number of alkyl halides is 3. The first-order valence-corrected chi connectivity index (χ1v) is 4.53. The second-order valence-corrected chi connectivity index (χ2v) is 3.46. The number of hydrogen-bond acceptors (Lipinski definition) is 2. The van der Waals surface area contributed by atoms with Crippen molar-refractivity contribution in [3.8, 4) is 0 Å². The van der Waals surface area contributed by atoms with E-state index in [0.29, 0.717) is 0 Å². The summed E-state index contributed by atoms with van der Waals surface area (Å²) in [6.45, 7) is 0. The van der Waals surface area contributed by atoms with Gasteiger partial charge in [-0.2, -0.15) is 13.2 Å². The van der Waals surface area contributed by atoms with Crippen molar-refractivity contribution in [1.82, 2.24) is 0 Å². The first kappa shape index (κ1) is 11.8. The molecule has 1 N–H and O–H groups in total. The van der Waals surface area contributed by atoms with E-state index in [-0.39, 0.29) is 15.7 Å². The fourth-order valence-corrected chi connectivity index (χ4v) is 1.80. The van der Waals surface area contributed by atoms with Crippen molar-refractivity contribution in [2.45, 2.75) is 6.18 Å². The summed E-state index contributed by atoms with van der Waals surface area (Å²) in [6.07, 6.45) is -4.46. The maximum absolute atomic E-state index is 12.2. The van der Waals surface area contributed by atoms with Crippen LogP contribution in [0.15, 0.2) is 12.1 Å². The van der Waals surface area contributed by atoms with Crippen LogP contribution in [0, 0.1) is 0 Å². The monoisotopic (exact) mass is 261 g/mol. The molecule has 1 aromatic carbocycles. The average molecular weight is 262 g/mol. The van der Waals surface area contributed by atoms with Crippen molar-refractivity contribution in [1.29, 1.82) is 0 Å². The molecule has 1 rings (SSSR count). The normalized spacial score (nSPS) is 11.6. The van der Waals surface area contributed by atoms with Gasteiger partial charge in [-0.1, -0.05) is 36.0 Å². The first-order chi connectivity index (χ1) is 6.36. The quantitative estimate of drug-likeness (QED) is 0.720. The summed E-state index contributed by atoms with van der Waals surface area (Å²) in [7, 11) is 0. The van der Waals surface area contributed by atoms with Gasteiger partial charge in [-0.25, -0.2) is 0 Å². The maximum atomic E-state index is 12.2. The molecule has 0 atom stereocenters. The van der Waals surface area contributed by atoms with Crippen LogP contribution in [0.3, 0.4) is 0 Å². The number of hydrogen-bond donors (Lipinski definition) is 2. The number of thiol groups is 1. The predicted molar refractivity (Wildman–Crippen MR) is 54.1 cm³/mol. The Balaban J connectivity index is 3.28. The lowest BCUT2D eigenvalue weighted by Gasteiger charge is -2.11. The Labute approximate surface area is 93.7 Å². The molecule has 14 heavy (non-hydrogen) atoms. The van der Waals surface area contributed by atoms with E-state index < -0.39 is 11.7 Å². The van der Waals surface area contributed by atoms with E-state index in [4.69, 9.17) is 23.2 Å². The van der Waals surface area contributed by atoms with E-state index in [0.717, 1.165) is 12.1 Å². The highest BCUT2D eigenvalue weighted by Gasteiger charge is 2.31. The van der Waals surface area contributed by atoms with Crippen LogP contribution in [0.5, 0.6) is 0 Å². The third kappa shape index (κ3) is 2.40. The van der Waals surface area contributed by atoms with Crippen LogP contribution in [0.25, 0.3) is 0 Å². The third-order valence-corrected chi connectivity index (χ3v) is 2.30. The number of halogens is 5. The van der Waals surface area contributed by atoms with Crippen molar-refractivity contribution in [2.24, 2.45) is 0 Å². The molecule has 0 aromatic heterocycles. The number of rotatable bonds is 1. The largest absolute Gasteiger partial charge is 0.416 e. The van der Waals surface area contributed by atoms with E-state index in [1.54, 1.807) is 0 Å². The third-order valence-electron chi connectivity index (χ3n) is 1.48. The minimum absolute atomic E-state index is 0.125. The molecule has 7 heteroatoms. The summed E-state index contributed by atoms with van der Waals surface area (Å²) >= 11 is 14.7. The summed E-state index contributed by atoms with van der Waals surface area (Å²) in [5.41, 5.74) is -0.732. The summed E-state index contributed by atoms with van der Waals surface area (Å²) in [6, 6.07) is 1.57. The molecule has 1 nitrogen and oxygen atoms in total. The smallest absolute Gasteiger partial charge is 0.330 e. The molecule has 0 radical (unpaired) electrons. The number of nitrogens with one attached hydrogen (secondary N) is 1. The van der Waals surface area contributed by atoms with Crippen LogP contribution in [-0.2, 0) is 6.18 Å². The molecule has 0 saturated heterocycles. The van der Waals surface area contributed by atoms with Crippen molar-refractivity contribution in [3.05, 3.63) is 27.7 Å². The van der Waals surface area contributed by atoms with Crippen molar-refractivity contribution in [3.63, 3.8) is 0 Å². The number of anilines is 1. The van der Waals surface area contributed by atoms with Gasteiger partial charge < -0.3 is 4.72 Å². The van der Waals surface area contributed by atoms with Crippen molar-refractivity contribution in [2.75, 3.05) is 4.72 Å². The van der Waals surface area contributed by atoms with Crippen molar-refractivity contribution >= 4 is 41.7 Å². The predicted octanol–water partition coefficient (Wildman–Crippen LogP) is 4.27. The van der Waals surface area contributed by atoms with E-state index in [9.17, 15) is 13.2 Å². The second kappa shape index (κ2) is 4.08. The summed E-state index contributed by atoms with van der Waals surface area (Å²) in [5, 5.41) is -0.250. The van der Waals surface area contributed by atoms with Gasteiger partial charge in [0.1, 0.15) is 0 Å². The van der Waals surface area contributed by atoms with E-state index >= 15 is 0 Å². The van der Waals surface area contributed by atoms with Gasteiger partial charge in [0.15, 0.2) is 0 Å². The van der Waals surface area contributed by atoms with Crippen molar-refractivity contribution < 1.29 is 13.2 Å². The minimum atomic E-state index is -4.46. The topological polar surface area (TPSA) is 12.0 Å². The Morgan fingerprint density at radius 1 is 1.14 bits per heavy atom. The highest BCUT2D eigenvalue weighted by atomic mass is 35.5. The zero-order valence-electron chi connectivity index (χ0n) is 6.49. The minimum Gasteiger partial charge on any atom is -0.330 e. The van der Waals surface area contributed by atoms with Crippen LogP contribution in [-0.4, -0.2) is 0 Å². The molecule has 0 saturated carbocycles. The van der Waals surface area contributed by atoms with E-state index in [2.05, 4.69) is 17.5 Å². The Bertz CT molecular complexity index is 330. The van der Waals surface area contributed by atoms with Crippen LogP contribution < -0.4 is 4.72 Å². The lowest BCUT2D eigenvalue weighted by atomic mass is 10.2. The highest BCUT2D eigenvalue weighted by molar-refractivity contribution is 7.81. The molecule has 78 valence electrons. The summed E-state index contributed by atoms with van der Waals surface area (Å²) < 4.78 is 39.0. The van der Waals surface area contributed by atoms with Gasteiger partial charge in [-0.3, -0.25) is 0 Å². The molecular formula is C7H4Cl2F3NS. The van der Waals surface area contributed by atoms with Gasteiger partial charge in [-0.05, 0) is 12.1 Å². The molecule has 0 fully saturated rings. The molecule has 0 unspecified atom stereocenters. The molecule has 0 spiro atoms. The van der Waals surface area contributed by atoms with Gasteiger partial charge in [0, 0.05) is 0 Å². The molecule has 1 aromatic rings. The van der Waals surface area contributed by atoms with Crippen LogP contribution in [0.1, 0.15) is 5.56 Å². The molecule has 0 amide bonds. The SMILES string of the molecule is FC(F)(F)c1cc(Cl)c(NS)c(Cl)c1. The molecular weight excluding hydrogens is 258 g/mol. The lowest BCUT2D eigenvalue weighted by Crippen LogP contribution is -2.05. The molecule has 0 aliphatic carbocycles. The highest BCUT2D eigenvalue weighted by Crippen LogP contribution is 2.38. The zero-order chi connectivity index (χ0) is 10.9. The van der Waals surface area contributed by atoms with Gasteiger partial charge >= 0.3 is 6.18 Å². The zero-order valence-corrected chi connectivity index (χ0v) is 8.90. The lowest BCUT2D eigenvalue weighted by molar-refractivity contribution is -0.137. The molecule has 0 aliphatic heterocycles. The number of benzene rings is 1. The Hall–Kier alpha value is -0.260. The molecule has 0 heterocycles. The van der Waals surface area contributed by atoms with Gasteiger partial charge in [-0.15, -0.1) is 0 Å². The second-order valence-electron chi connectivity index (χ2n) is 2.42. The first-order valence-electron chi connectivity index (χ1n) is 3.32. The van der Waals surface area contributed by atoms with Crippen LogP contribution in [0.2, 0.25) is 10.0 Å². The fourth-order valence-electron chi connectivity index (χ4n) is 0.844. The van der Waals surface area contributed by atoms with Gasteiger partial charge in [0.25, 0.3) is 0 Å². The van der Waals surface area contributed by atoms with E-state index in [1.165, 1.54) is 0 Å². The Kier molecular flexibility index (Phi) is 3.44. The van der Waals surface area contributed by atoms with Crippen LogP contribution >= 0.6 is 36.0 Å². The standard InChI is InChI=1S/C7H4Cl2F3NS/c8-4-1-3(7(10,11)12)2-5(9)6(4)13-14/h1-2,13-14H. The molecule has 0 aliphatic rings. The maximum Gasteiger partial charge on any atom is 0.416 e.